The second-order valence-electron chi connectivity index (χ2n) is 2.29. The van der Waals surface area contributed by atoms with E-state index in [0.29, 0.717) is 19.6 Å². The van der Waals surface area contributed by atoms with Crippen LogP contribution in [0.1, 0.15) is 19.8 Å². The van der Waals surface area contributed by atoms with E-state index < -0.39 is 6.04 Å². The number of carbonyl (C=O) groups is 1. The maximum Gasteiger partial charge on any atom is 0.322 e. The van der Waals surface area contributed by atoms with E-state index in [-0.39, 0.29) is 30.8 Å². The molecule has 0 aliphatic carbocycles. The molecular weight excluding hydrogens is 215 g/mol. The largest absolute Gasteiger partial charge is 0.465 e. The van der Waals surface area contributed by atoms with Gasteiger partial charge in [-0.15, -0.1) is 24.8 Å². The minimum atomic E-state index is -0.501. The topological polar surface area (TPSA) is 78.3 Å². The monoisotopic (exact) mass is 232 g/mol. The van der Waals surface area contributed by atoms with Gasteiger partial charge < -0.3 is 16.2 Å². The highest BCUT2D eigenvalue weighted by Gasteiger charge is 2.12. The molecular formula is C7H18Cl2N2O2. The fraction of sp³-hybridized carbons (Fsp3) is 0.857. The average Bonchev–Trinajstić information content (AvgIpc) is 2.00. The third-order valence-electron chi connectivity index (χ3n) is 1.31. The predicted molar refractivity (Wildman–Crippen MR) is 57.4 cm³/mol. The molecule has 13 heavy (non-hydrogen) atoms. The van der Waals surface area contributed by atoms with Crippen LogP contribution in [0.4, 0.5) is 0 Å². The van der Waals surface area contributed by atoms with Gasteiger partial charge in [0.05, 0.1) is 6.61 Å². The molecule has 82 valence electrons. The molecule has 4 nitrogen and oxygen atoms in total. The molecule has 0 unspecified atom stereocenters. The van der Waals surface area contributed by atoms with E-state index in [1.807, 2.05) is 0 Å². The van der Waals surface area contributed by atoms with Crippen LogP contribution in [0.3, 0.4) is 0 Å². The standard InChI is InChI=1S/C7H16N2O2.2ClH/c1-2-11-7(10)6(9)4-3-5-8;;/h6H,2-5,8-9H2,1H3;2*1H/t6-;;/m0../s1. The van der Waals surface area contributed by atoms with E-state index >= 15 is 0 Å². The second-order valence-corrected chi connectivity index (χ2v) is 2.29. The molecule has 0 bridgehead atoms. The quantitative estimate of drug-likeness (QED) is 0.676. The van der Waals surface area contributed by atoms with Crippen molar-refractivity contribution in [3.63, 3.8) is 0 Å². The van der Waals surface area contributed by atoms with E-state index in [4.69, 9.17) is 16.2 Å². The molecule has 0 amide bonds. The zero-order chi connectivity index (χ0) is 8.69. The van der Waals surface area contributed by atoms with Crippen molar-refractivity contribution in [1.29, 1.82) is 0 Å². The van der Waals surface area contributed by atoms with E-state index in [1.165, 1.54) is 0 Å². The Hall–Kier alpha value is -0.0300. The van der Waals surface area contributed by atoms with Crippen molar-refractivity contribution in [3.8, 4) is 0 Å². The summed E-state index contributed by atoms with van der Waals surface area (Å²) in [6.45, 7) is 2.70. The van der Waals surface area contributed by atoms with Crippen LogP contribution in [-0.2, 0) is 9.53 Å². The second kappa shape index (κ2) is 12.0. The smallest absolute Gasteiger partial charge is 0.322 e. The van der Waals surface area contributed by atoms with Crippen molar-refractivity contribution in [2.45, 2.75) is 25.8 Å². The predicted octanol–water partition coefficient (Wildman–Crippen LogP) is 0.459. The molecule has 0 aromatic heterocycles. The first-order valence-electron chi connectivity index (χ1n) is 3.84. The van der Waals surface area contributed by atoms with Gasteiger partial charge in [0.25, 0.3) is 0 Å². The van der Waals surface area contributed by atoms with Crippen LogP contribution < -0.4 is 11.5 Å². The fourth-order valence-electron chi connectivity index (χ4n) is 0.705. The Balaban J connectivity index is -0.000000500. The average molecular weight is 233 g/mol. The number of hydrogen-bond acceptors (Lipinski definition) is 4. The van der Waals surface area contributed by atoms with Crippen LogP contribution in [0.15, 0.2) is 0 Å². The summed E-state index contributed by atoms with van der Waals surface area (Å²) in [6, 6.07) is -0.501. The van der Waals surface area contributed by atoms with Gasteiger partial charge in [-0.2, -0.15) is 0 Å². The van der Waals surface area contributed by atoms with Gasteiger partial charge in [-0.05, 0) is 26.3 Å². The summed E-state index contributed by atoms with van der Waals surface area (Å²) in [5, 5.41) is 0. The fourth-order valence-corrected chi connectivity index (χ4v) is 0.705. The lowest BCUT2D eigenvalue weighted by Crippen LogP contribution is -2.32. The van der Waals surface area contributed by atoms with Gasteiger partial charge in [-0.1, -0.05) is 0 Å². The van der Waals surface area contributed by atoms with Gasteiger partial charge >= 0.3 is 5.97 Å². The van der Waals surface area contributed by atoms with Crippen LogP contribution in [0, 0.1) is 0 Å². The Kier molecular flexibility index (Phi) is 17.2. The van der Waals surface area contributed by atoms with E-state index in [9.17, 15) is 4.79 Å². The molecule has 0 aromatic rings. The summed E-state index contributed by atoms with van der Waals surface area (Å²) in [5.41, 5.74) is 10.7. The zero-order valence-electron chi connectivity index (χ0n) is 7.69. The van der Waals surface area contributed by atoms with E-state index in [0.717, 1.165) is 6.42 Å². The van der Waals surface area contributed by atoms with E-state index in [1.54, 1.807) is 6.92 Å². The minimum absolute atomic E-state index is 0. The SMILES string of the molecule is CCOC(=O)[C@@H](N)CCCN.Cl.Cl. The molecule has 1 atom stereocenters. The van der Waals surface area contributed by atoms with Crippen molar-refractivity contribution < 1.29 is 9.53 Å². The van der Waals surface area contributed by atoms with Crippen LogP contribution in [0.2, 0.25) is 0 Å². The van der Waals surface area contributed by atoms with Crippen molar-refractivity contribution >= 4 is 30.8 Å². The van der Waals surface area contributed by atoms with Gasteiger partial charge in [-0.25, -0.2) is 0 Å². The summed E-state index contributed by atoms with van der Waals surface area (Å²) in [6.07, 6.45) is 1.37. The lowest BCUT2D eigenvalue weighted by molar-refractivity contribution is -0.144. The maximum absolute atomic E-state index is 10.9. The molecule has 0 radical (unpaired) electrons. The highest BCUT2D eigenvalue weighted by Crippen LogP contribution is 1.95. The Morgan fingerprint density at radius 1 is 1.46 bits per heavy atom. The number of ether oxygens (including phenoxy) is 1. The Bertz CT molecular complexity index is 125. The molecule has 0 aromatic carbocycles. The minimum Gasteiger partial charge on any atom is -0.465 e. The van der Waals surface area contributed by atoms with Crippen molar-refractivity contribution in [2.75, 3.05) is 13.2 Å². The van der Waals surface area contributed by atoms with E-state index in [2.05, 4.69) is 0 Å². The van der Waals surface area contributed by atoms with Crippen molar-refractivity contribution in [1.82, 2.24) is 0 Å². The van der Waals surface area contributed by atoms with Gasteiger partial charge in [0.15, 0.2) is 0 Å². The molecule has 0 fully saturated rings. The highest BCUT2D eigenvalue weighted by molar-refractivity contribution is 5.85. The first-order valence-corrected chi connectivity index (χ1v) is 3.84. The first kappa shape index (κ1) is 18.7. The summed E-state index contributed by atoms with van der Waals surface area (Å²) >= 11 is 0. The number of hydrogen-bond donors (Lipinski definition) is 2. The molecule has 0 aliphatic heterocycles. The molecule has 4 N–H and O–H groups in total. The van der Waals surface area contributed by atoms with Gasteiger partial charge in [-0.3, -0.25) is 4.79 Å². The molecule has 0 saturated heterocycles. The summed E-state index contributed by atoms with van der Waals surface area (Å²) in [4.78, 5) is 10.9. The van der Waals surface area contributed by atoms with Crippen LogP contribution >= 0.6 is 24.8 Å². The highest BCUT2D eigenvalue weighted by atomic mass is 35.5. The molecule has 0 heterocycles. The number of halogens is 2. The third-order valence-corrected chi connectivity index (χ3v) is 1.31. The first-order chi connectivity index (χ1) is 5.22. The molecule has 0 rings (SSSR count). The summed E-state index contributed by atoms with van der Waals surface area (Å²) in [7, 11) is 0. The Morgan fingerprint density at radius 3 is 2.38 bits per heavy atom. The molecule has 0 saturated carbocycles. The van der Waals surface area contributed by atoms with Crippen LogP contribution in [-0.4, -0.2) is 25.2 Å². The third kappa shape index (κ3) is 9.89. The number of nitrogens with two attached hydrogens (primary N) is 2. The number of rotatable bonds is 5. The van der Waals surface area contributed by atoms with Crippen LogP contribution in [0.5, 0.6) is 0 Å². The molecule has 6 heteroatoms. The van der Waals surface area contributed by atoms with Gasteiger partial charge in [0.2, 0.25) is 0 Å². The van der Waals surface area contributed by atoms with Crippen LogP contribution in [0.25, 0.3) is 0 Å². The Morgan fingerprint density at radius 2 is 2.00 bits per heavy atom. The normalized spacial score (nSPS) is 10.7. The van der Waals surface area contributed by atoms with Gasteiger partial charge in [0.1, 0.15) is 6.04 Å². The Labute approximate surface area is 91.2 Å². The number of esters is 1. The van der Waals surface area contributed by atoms with Gasteiger partial charge in [0, 0.05) is 0 Å². The lowest BCUT2D eigenvalue weighted by atomic mass is 10.2. The summed E-state index contributed by atoms with van der Waals surface area (Å²) in [5.74, 6) is -0.332. The summed E-state index contributed by atoms with van der Waals surface area (Å²) < 4.78 is 4.70. The molecule has 0 aliphatic rings. The number of carbonyl (C=O) groups excluding carboxylic acids is 1. The zero-order valence-corrected chi connectivity index (χ0v) is 9.33. The maximum atomic E-state index is 10.9. The lowest BCUT2D eigenvalue weighted by Gasteiger charge is -2.08. The van der Waals surface area contributed by atoms with Crippen molar-refractivity contribution in [2.24, 2.45) is 11.5 Å². The van der Waals surface area contributed by atoms with Crippen molar-refractivity contribution in [3.05, 3.63) is 0 Å². The molecule has 0 spiro atoms.